The Labute approximate surface area is 121 Å². The molecular formula is C14H17N3O4. The molecule has 3 N–H and O–H groups in total. The average Bonchev–Trinajstić information content (AvgIpc) is 2.93. The van der Waals surface area contributed by atoms with Crippen molar-refractivity contribution in [3.63, 3.8) is 0 Å². The van der Waals surface area contributed by atoms with Gasteiger partial charge in [0, 0.05) is 24.7 Å². The molecule has 0 aliphatic carbocycles. The predicted molar refractivity (Wildman–Crippen MR) is 76.1 cm³/mol. The lowest BCUT2D eigenvalue weighted by molar-refractivity contribution is -0.139. The van der Waals surface area contributed by atoms with Gasteiger partial charge in [0.05, 0.1) is 11.7 Å². The second kappa shape index (κ2) is 6.85. The number of carbonyl (C=O) groups excluding carboxylic acids is 1. The highest BCUT2D eigenvalue weighted by atomic mass is 16.5. The van der Waals surface area contributed by atoms with Crippen molar-refractivity contribution in [2.45, 2.75) is 18.9 Å². The first-order chi connectivity index (χ1) is 10.1. The Balaban J connectivity index is 2.05. The van der Waals surface area contributed by atoms with Gasteiger partial charge in [0.25, 0.3) is 5.91 Å². The summed E-state index contributed by atoms with van der Waals surface area (Å²) in [4.78, 5) is 23.3. The Morgan fingerprint density at radius 1 is 1.48 bits per heavy atom. The van der Waals surface area contributed by atoms with Crippen molar-refractivity contribution < 1.29 is 19.4 Å². The van der Waals surface area contributed by atoms with Crippen molar-refractivity contribution in [2.75, 3.05) is 13.7 Å². The van der Waals surface area contributed by atoms with Crippen molar-refractivity contribution in [3.8, 4) is 0 Å². The Morgan fingerprint density at radius 2 is 2.29 bits per heavy atom. The van der Waals surface area contributed by atoms with Crippen LogP contribution in [-0.2, 0) is 9.53 Å². The number of hydrogen-bond acceptors (Lipinski definition) is 4. The van der Waals surface area contributed by atoms with Crippen LogP contribution in [0.15, 0.2) is 24.4 Å². The summed E-state index contributed by atoms with van der Waals surface area (Å²) in [6.07, 6.45) is 2.50. The van der Waals surface area contributed by atoms with E-state index in [1.807, 2.05) is 0 Å². The second-order valence-electron chi connectivity index (χ2n) is 4.67. The van der Waals surface area contributed by atoms with Gasteiger partial charge in [-0.15, -0.1) is 0 Å². The van der Waals surface area contributed by atoms with E-state index in [9.17, 15) is 9.59 Å². The van der Waals surface area contributed by atoms with Crippen LogP contribution in [0.2, 0.25) is 0 Å². The summed E-state index contributed by atoms with van der Waals surface area (Å²) in [5, 5.41) is 19.1. The molecule has 0 aliphatic rings. The van der Waals surface area contributed by atoms with Crippen molar-refractivity contribution in [1.82, 2.24) is 15.5 Å². The van der Waals surface area contributed by atoms with Crippen LogP contribution in [0.3, 0.4) is 0 Å². The summed E-state index contributed by atoms with van der Waals surface area (Å²) >= 11 is 0. The van der Waals surface area contributed by atoms with Crippen molar-refractivity contribution in [2.24, 2.45) is 0 Å². The molecule has 2 rings (SSSR count). The fraction of sp³-hybridized carbons (Fsp3) is 0.357. The number of hydrogen-bond donors (Lipinski definition) is 3. The number of methoxy groups -OCH3 is 1. The molecule has 1 heterocycles. The molecule has 0 radical (unpaired) electrons. The number of aromatic amines is 1. The van der Waals surface area contributed by atoms with Crippen molar-refractivity contribution >= 4 is 22.8 Å². The lowest BCUT2D eigenvalue weighted by atomic mass is 10.1. The van der Waals surface area contributed by atoms with Gasteiger partial charge in [0.15, 0.2) is 0 Å². The zero-order valence-electron chi connectivity index (χ0n) is 11.6. The van der Waals surface area contributed by atoms with E-state index in [1.54, 1.807) is 31.5 Å². The molecule has 7 nitrogen and oxygen atoms in total. The van der Waals surface area contributed by atoms with Gasteiger partial charge in [-0.05, 0) is 31.0 Å². The highest BCUT2D eigenvalue weighted by Crippen LogP contribution is 2.13. The number of fused-ring (bicyclic) bond motifs is 1. The molecule has 7 heteroatoms. The van der Waals surface area contributed by atoms with E-state index in [0.29, 0.717) is 25.0 Å². The molecule has 0 fully saturated rings. The van der Waals surface area contributed by atoms with Gasteiger partial charge in [-0.1, -0.05) is 0 Å². The maximum Gasteiger partial charge on any atom is 0.326 e. The number of benzene rings is 1. The Hall–Kier alpha value is -2.41. The molecule has 21 heavy (non-hydrogen) atoms. The molecular weight excluding hydrogens is 274 g/mol. The molecule has 0 aliphatic heterocycles. The maximum atomic E-state index is 12.1. The zero-order chi connectivity index (χ0) is 15.2. The van der Waals surface area contributed by atoms with Crippen LogP contribution in [0.1, 0.15) is 23.2 Å². The summed E-state index contributed by atoms with van der Waals surface area (Å²) in [5.74, 6) is -1.47. The fourth-order valence-electron chi connectivity index (χ4n) is 2.01. The molecule has 0 spiro atoms. The van der Waals surface area contributed by atoms with Gasteiger partial charge in [0.1, 0.15) is 6.04 Å². The summed E-state index contributed by atoms with van der Waals surface area (Å²) < 4.78 is 4.88. The number of ether oxygens (including phenoxy) is 1. The molecule has 0 bridgehead atoms. The third-order valence-corrected chi connectivity index (χ3v) is 3.15. The number of nitrogens with zero attached hydrogens (tertiary/aromatic N) is 1. The quantitative estimate of drug-likeness (QED) is 0.664. The standard InChI is InChI=1S/C14H17N3O4/c1-21-6-2-3-12(14(19)20)16-13(18)9-4-5-11-10(7-9)8-15-17-11/h4-5,7-8,12H,2-3,6H2,1H3,(H,15,17)(H,16,18)(H,19,20). The van der Waals surface area contributed by atoms with Crippen LogP contribution < -0.4 is 5.32 Å². The van der Waals surface area contributed by atoms with E-state index in [2.05, 4.69) is 15.5 Å². The minimum atomic E-state index is -1.05. The van der Waals surface area contributed by atoms with E-state index in [-0.39, 0.29) is 0 Å². The molecule has 1 aromatic heterocycles. The van der Waals surface area contributed by atoms with Crippen molar-refractivity contribution in [3.05, 3.63) is 30.0 Å². The molecule has 112 valence electrons. The summed E-state index contributed by atoms with van der Waals surface area (Å²) in [6.45, 7) is 0.459. The SMILES string of the molecule is COCCCC(NC(=O)c1ccc2[nH]ncc2c1)C(=O)O. The first-order valence-electron chi connectivity index (χ1n) is 6.57. The fourth-order valence-corrected chi connectivity index (χ4v) is 2.01. The smallest absolute Gasteiger partial charge is 0.326 e. The molecule has 2 aromatic rings. The molecule has 1 atom stereocenters. The van der Waals surface area contributed by atoms with Crippen LogP contribution in [0.5, 0.6) is 0 Å². The summed E-state index contributed by atoms with van der Waals surface area (Å²) in [5.41, 5.74) is 1.23. The van der Waals surface area contributed by atoms with Gasteiger partial charge in [-0.25, -0.2) is 4.79 Å². The zero-order valence-corrected chi connectivity index (χ0v) is 11.6. The monoisotopic (exact) mass is 291 g/mol. The lowest BCUT2D eigenvalue weighted by Crippen LogP contribution is -2.40. The molecule has 1 aromatic carbocycles. The number of carbonyl (C=O) groups is 2. The topological polar surface area (TPSA) is 104 Å². The third-order valence-electron chi connectivity index (χ3n) is 3.15. The van der Waals surface area contributed by atoms with Crippen molar-refractivity contribution in [1.29, 1.82) is 0 Å². The Kier molecular flexibility index (Phi) is 4.89. The van der Waals surface area contributed by atoms with Gasteiger partial charge in [-0.2, -0.15) is 5.10 Å². The van der Waals surface area contributed by atoms with Crippen LogP contribution in [0.25, 0.3) is 10.9 Å². The molecule has 1 amide bonds. The van der Waals surface area contributed by atoms with E-state index in [4.69, 9.17) is 9.84 Å². The van der Waals surface area contributed by atoms with Gasteiger partial charge in [0.2, 0.25) is 0 Å². The van der Waals surface area contributed by atoms with Gasteiger partial charge < -0.3 is 15.2 Å². The number of aliphatic carboxylic acids is 1. The third kappa shape index (κ3) is 3.79. The van der Waals surface area contributed by atoms with Crippen LogP contribution in [0, 0.1) is 0 Å². The minimum Gasteiger partial charge on any atom is -0.480 e. The van der Waals surface area contributed by atoms with Gasteiger partial charge in [-0.3, -0.25) is 9.89 Å². The predicted octanol–water partition coefficient (Wildman–Crippen LogP) is 1.17. The summed E-state index contributed by atoms with van der Waals surface area (Å²) in [7, 11) is 1.55. The number of amides is 1. The highest BCUT2D eigenvalue weighted by molar-refractivity contribution is 5.99. The Bertz CT molecular complexity index is 638. The molecule has 0 saturated heterocycles. The average molecular weight is 291 g/mol. The maximum absolute atomic E-state index is 12.1. The number of nitrogens with one attached hydrogen (secondary N) is 2. The van der Waals surface area contributed by atoms with Gasteiger partial charge >= 0.3 is 5.97 Å². The normalized spacial score (nSPS) is 12.2. The lowest BCUT2D eigenvalue weighted by Gasteiger charge is -2.14. The largest absolute Gasteiger partial charge is 0.480 e. The van der Waals surface area contributed by atoms with E-state index < -0.39 is 17.9 Å². The molecule has 1 unspecified atom stereocenters. The number of carboxylic acid groups (broad SMARTS) is 1. The summed E-state index contributed by atoms with van der Waals surface area (Å²) in [6, 6.07) is 4.11. The van der Waals surface area contributed by atoms with E-state index in [1.165, 1.54) is 0 Å². The number of carboxylic acids is 1. The number of aromatic nitrogens is 2. The minimum absolute atomic E-state index is 0.322. The Morgan fingerprint density at radius 3 is 3.00 bits per heavy atom. The number of rotatable bonds is 7. The van der Waals surface area contributed by atoms with Crippen LogP contribution in [0.4, 0.5) is 0 Å². The highest BCUT2D eigenvalue weighted by Gasteiger charge is 2.20. The van der Waals surface area contributed by atoms with Crippen LogP contribution >= 0.6 is 0 Å². The van der Waals surface area contributed by atoms with E-state index in [0.717, 1.165) is 10.9 Å². The first-order valence-corrected chi connectivity index (χ1v) is 6.57. The van der Waals surface area contributed by atoms with Crippen LogP contribution in [-0.4, -0.2) is 46.9 Å². The first kappa shape index (κ1) is 15.0. The molecule has 0 saturated carbocycles. The second-order valence-corrected chi connectivity index (χ2v) is 4.67. The van der Waals surface area contributed by atoms with E-state index >= 15 is 0 Å². The number of H-pyrrole nitrogens is 1.